The first kappa shape index (κ1) is 19.0. The molecule has 2 heterocycles. The van der Waals surface area contributed by atoms with Crippen molar-refractivity contribution >= 4 is 15.8 Å². The Morgan fingerprint density at radius 2 is 2.04 bits per heavy atom. The van der Waals surface area contributed by atoms with E-state index in [0.29, 0.717) is 23.5 Å². The number of methoxy groups -OCH3 is 1. The summed E-state index contributed by atoms with van der Waals surface area (Å²) in [6.07, 6.45) is -4.26. The second kappa shape index (κ2) is 6.52. The molecule has 2 rings (SSSR count). The van der Waals surface area contributed by atoms with Gasteiger partial charge < -0.3 is 10.5 Å². The highest BCUT2D eigenvalue weighted by molar-refractivity contribution is 7.92. The van der Waals surface area contributed by atoms with Crippen molar-refractivity contribution < 1.29 is 26.3 Å². The fourth-order valence-corrected chi connectivity index (χ4v) is 3.27. The number of nitrogens with two attached hydrogens (primary N) is 1. The number of nitrogens with zero attached hydrogens (tertiary/aromatic N) is 3. The summed E-state index contributed by atoms with van der Waals surface area (Å²) >= 11 is 0. The van der Waals surface area contributed by atoms with Gasteiger partial charge in [-0.3, -0.25) is 9.40 Å². The van der Waals surface area contributed by atoms with Gasteiger partial charge in [0.15, 0.2) is 5.82 Å². The zero-order valence-corrected chi connectivity index (χ0v) is 14.4. The Morgan fingerprint density at radius 1 is 1.40 bits per heavy atom. The number of rotatable bonds is 5. The minimum atomic E-state index is -4.76. The van der Waals surface area contributed by atoms with Gasteiger partial charge in [0.25, 0.3) is 10.0 Å². The average Bonchev–Trinajstić information content (AvgIpc) is 2.78. The van der Waals surface area contributed by atoms with Crippen LogP contribution >= 0.6 is 0 Å². The molecule has 0 aliphatic carbocycles. The van der Waals surface area contributed by atoms with Crippen LogP contribution in [-0.4, -0.2) is 30.3 Å². The first-order chi connectivity index (χ1) is 11.5. The molecular formula is C13H16F3N5O3S. The summed E-state index contributed by atoms with van der Waals surface area (Å²) in [7, 11) is -1.76. The van der Waals surface area contributed by atoms with Gasteiger partial charge in [0.2, 0.25) is 5.88 Å². The molecule has 25 heavy (non-hydrogen) atoms. The molecule has 0 aliphatic heterocycles. The molecule has 0 radical (unpaired) electrons. The van der Waals surface area contributed by atoms with Gasteiger partial charge in [0, 0.05) is 31.0 Å². The van der Waals surface area contributed by atoms with E-state index in [2.05, 4.69) is 14.8 Å². The number of halogens is 3. The lowest BCUT2D eigenvalue weighted by atomic mass is 10.2. The van der Waals surface area contributed by atoms with Crippen LogP contribution in [0.15, 0.2) is 17.2 Å². The number of hydrogen-bond acceptors (Lipinski definition) is 6. The molecule has 12 heteroatoms. The Morgan fingerprint density at radius 3 is 2.56 bits per heavy atom. The third-order valence-corrected chi connectivity index (χ3v) is 4.86. The zero-order chi connectivity index (χ0) is 19.0. The average molecular weight is 379 g/mol. The molecule has 0 saturated heterocycles. The lowest BCUT2D eigenvalue weighted by Crippen LogP contribution is -2.18. The van der Waals surface area contributed by atoms with Gasteiger partial charge in [-0.25, -0.2) is 13.4 Å². The fourth-order valence-electron chi connectivity index (χ4n) is 2.09. The Hall–Kier alpha value is -2.34. The van der Waals surface area contributed by atoms with Crippen molar-refractivity contribution in [3.63, 3.8) is 0 Å². The van der Waals surface area contributed by atoms with Crippen molar-refractivity contribution in [1.82, 2.24) is 14.8 Å². The quantitative estimate of drug-likeness (QED) is 0.812. The summed E-state index contributed by atoms with van der Waals surface area (Å²) in [6.45, 7) is 1.68. The molecule has 0 spiro atoms. The molecule has 0 saturated carbocycles. The van der Waals surface area contributed by atoms with Crippen LogP contribution in [0.1, 0.15) is 16.8 Å². The van der Waals surface area contributed by atoms with E-state index >= 15 is 0 Å². The van der Waals surface area contributed by atoms with E-state index in [1.54, 1.807) is 14.0 Å². The van der Waals surface area contributed by atoms with E-state index in [4.69, 9.17) is 10.5 Å². The second-order valence-electron chi connectivity index (χ2n) is 5.07. The third-order valence-electron chi connectivity index (χ3n) is 3.52. The summed E-state index contributed by atoms with van der Waals surface area (Å²) in [5.41, 5.74) is 5.41. The summed E-state index contributed by atoms with van der Waals surface area (Å²) in [4.78, 5) is 2.67. The maximum atomic E-state index is 12.9. The lowest BCUT2D eigenvalue weighted by Gasteiger charge is -2.13. The maximum Gasteiger partial charge on any atom is 0.417 e. The number of hydrogen-bond donors (Lipinski definition) is 2. The number of anilines is 1. The number of alkyl halides is 3. The highest BCUT2D eigenvalue weighted by atomic mass is 32.2. The van der Waals surface area contributed by atoms with Gasteiger partial charge in [-0.15, -0.1) is 0 Å². The van der Waals surface area contributed by atoms with Crippen LogP contribution in [0.3, 0.4) is 0 Å². The molecule has 0 atom stereocenters. The van der Waals surface area contributed by atoms with Crippen LogP contribution in [0.2, 0.25) is 0 Å². The van der Waals surface area contributed by atoms with E-state index in [-0.39, 0.29) is 12.4 Å². The SMILES string of the molecule is COc1ncc(C(F)(F)F)cc1S(=O)(=O)Nc1nn(C)c(C)c1CN. The molecule has 0 bridgehead atoms. The standard InChI is InChI=1S/C13H16F3N5O3S/c1-7-9(5-17)11(19-21(7)2)20-25(22,23)10-4-8(13(14,15)16)6-18-12(10)24-3/h4,6H,5,17H2,1-3H3,(H,19,20). The summed E-state index contributed by atoms with van der Waals surface area (Å²) < 4.78 is 72.0. The van der Waals surface area contributed by atoms with Crippen LogP contribution in [-0.2, 0) is 29.8 Å². The van der Waals surface area contributed by atoms with E-state index < -0.39 is 32.5 Å². The molecule has 8 nitrogen and oxygen atoms in total. The van der Waals surface area contributed by atoms with Crippen LogP contribution in [0.4, 0.5) is 19.0 Å². The van der Waals surface area contributed by atoms with Gasteiger partial charge in [0.1, 0.15) is 4.90 Å². The van der Waals surface area contributed by atoms with Crippen molar-refractivity contribution in [2.75, 3.05) is 11.8 Å². The largest absolute Gasteiger partial charge is 0.480 e. The highest BCUT2D eigenvalue weighted by Gasteiger charge is 2.34. The van der Waals surface area contributed by atoms with Gasteiger partial charge in [-0.05, 0) is 13.0 Å². The minimum Gasteiger partial charge on any atom is -0.480 e. The van der Waals surface area contributed by atoms with Gasteiger partial charge in [0.05, 0.1) is 12.7 Å². The van der Waals surface area contributed by atoms with Crippen molar-refractivity contribution in [1.29, 1.82) is 0 Å². The smallest absolute Gasteiger partial charge is 0.417 e. The van der Waals surface area contributed by atoms with E-state index in [1.807, 2.05) is 0 Å². The first-order valence-corrected chi connectivity index (χ1v) is 8.36. The molecule has 138 valence electrons. The number of aryl methyl sites for hydroxylation is 1. The summed E-state index contributed by atoms with van der Waals surface area (Å²) in [5.74, 6) is -0.538. The molecule has 2 aromatic heterocycles. The van der Waals surface area contributed by atoms with Crippen LogP contribution in [0.5, 0.6) is 5.88 Å². The molecule has 0 fully saturated rings. The normalized spacial score (nSPS) is 12.3. The summed E-state index contributed by atoms with van der Waals surface area (Å²) in [5, 5.41) is 3.98. The minimum absolute atomic E-state index is 0.00446. The molecule has 2 aromatic rings. The first-order valence-electron chi connectivity index (χ1n) is 6.87. The Balaban J connectivity index is 2.55. The number of nitrogens with one attached hydrogen (secondary N) is 1. The zero-order valence-electron chi connectivity index (χ0n) is 13.5. The van der Waals surface area contributed by atoms with E-state index in [9.17, 15) is 21.6 Å². The molecular weight excluding hydrogens is 363 g/mol. The van der Waals surface area contributed by atoms with Crippen molar-refractivity contribution in [2.24, 2.45) is 12.8 Å². The van der Waals surface area contributed by atoms with Crippen molar-refractivity contribution in [3.8, 4) is 5.88 Å². The van der Waals surface area contributed by atoms with Crippen molar-refractivity contribution in [3.05, 3.63) is 29.1 Å². The molecule has 0 unspecified atom stereocenters. The van der Waals surface area contributed by atoms with Gasteiger partial charge >= 0.3 is 6.18 Å². The number of aromatic nitrogens is 3. The fraction of sp³-hybridized carbons (Fsp3) is 0.385. The number of ether oxygens (including phenoxy) is 1. The van der Waals surface area contributed by atoms with Crippen LogP contribution < -0.4 is 15.2 Å². The van der Waals surface area contributed by atoms with Crippen LogP contribution in [0, 0.1) is 6.92 Å². The topological polar surface area (TPSA) is 112 Å². The molecule has 0 amide bonds. The van der Waals surface area contributed by atoms with Crippen LogP contribution in [0.25, 0.3) is 0 Å². The maximum absolute atomic E-state index is 12.9. The molecule has 3 N–H and O–H groups in total. The Labute approximate surface area is 141 Å². The Bertz CT molecular complexity index is 893. The predicted octanol–water partition coefficient (Wildman–Crippen LogP) is 1.41. The number of pyridine rings is 1. The molecule has 0 aromatic carbocycles. The summed E-state index contributed by atoms with van der Waals surface area (Å²) in [6, 6.07) is 0.450. The molecule has 0 aliphatic rings. The van der Waals surface area contributed by atoms with Gasteiger partial charge in [-0.1, -0.05) is 0 Å². The predicted molar refractivity (Wildman–Crippen MR) is 82.4 cm³/mol. The van der Waals surface area contributed by atoms with E-state index in [0.717, 1.165) is 7.11 Å². The lowest BCUT2D eigenvalue weighted by molar-refractivity contribution is -0.138. The Kier molecular flexibility index (Phi) is 4.95. The van der Waals surface area contributed by atoms with Gasteiger partial charge in [-0.2, -0.15) is 18.3 Å². The van der Waals surface area contributed by atoms with Crippen molar-refractivity contribution in [2.45, 2.75) is 24.5 Å². The van der Waals surface area contributed by atoms with E-state index in [1.165, 1.54) is 4.68 Å². The number of sulfonamides is 1. The highest BCUT2D eigenvalue weighted by Crippen LogP contribution is 2.33. The second-order valence-corrected chi connectivity index (χ2v) is 6.73. The third kappa shape index (κ3) is 3.69. The monoisotopic (exact) mass is 379 g/mol.